The lowest BCUT2D eigenvalue weighted by molar-refractivity contribution is -0.481. The van der Waals surface area contributed by atoms with E-state index in [1.54, 1.807) is 67.6 Å². The van der Waals surface area contributed by atoms with Gasteiger partial charge in [-0.3, -0.25) is 20.0 Å². The number of nitro groups is 1. The van der Waals surface area contributed by atoms with Crippen molar-refractivity contribution in [1.82, 2.24) is 9.78 Å². The molecule has 0 fully saturated rings. The maximum absolute atomic E-state index is 13.2. The van der Waals surface area contributed by atoms with Gasteiger partial charge in [-0.1, -0.05) is 48.5 Å². The molecule has 144 valence electrons. The summed E-state index contributed by atoms with van der Waals surface area (Å²) in [5.41, 5.74) is 0.500. The summed E-state index contributed by atoms with van der Waals surface area (Å²) in [7, 11) is 0. The smallest absolute Gasteiger partial charge is 0.356 e. The van der Waals surface area contributed by atoms with E-state index >= 15 is 0 Å². The molecule has 1 N–H and O–H groups in total. The van der Waals surface area contributed by atoms with Crippen molar-refractivity contribution in [3.63, 3.8) is 0 Å². The van der Waals surface area contributed by atoms with Gasteiger partial charge in [-0.05, 0) is 24.6 Å². The molecule has 1 heterocycles. The Labute approximate surface area is 160 Å². The molecule has 0 radical (unpaired) electrons. The molecular formula is C20H19N3O5. The molecule has 2 aromatic carbocycles. The molecule has 0 spiro atoms. The van der Waals surface area contributed by atoms with Crippen LogP contribution in [0.15, 0.2) is 65.5 Å². The Balaban J connectivity index is 2.24. The number of para-hydroxylation sites is 1. The van der Waals surface area contributed by atoms with Crippen molar-refractivity contribution < 1.29 is 14.5 Å². The molecule has 0 amide bonds. The Bertz CT molecular complexity index is 1020. The van der Waals surface area contributed by atoms with Crippen molar-refractivity contribution in [2.45, 2.75) is 12.8 Å². The molecule has 0 saturated heterocycles. The van der Waals surface area contributed by atoms with Crippen LogP contribution in [0.4, 0.5) is 0 Å². The van der Waals surface area contributed by atoms with Crippen LogP contribution in [-0.4, -0.2) is 33.8 Å². The molecule has 0 aliphatic rings. The molecule has 0 bridgehead atoms. The number of esters is 1. The van der Waals surface area contributed by atoms with Gasteiger partial charge in [0.1, 0.15) is 5.69 Å². The standard InChI is InChI=1S/C20H19N3O5/c1-2-28-20(25)18-17(16(13-22(26)27)14-9-5-3-6-10-14)19(24)23(21-18)15-11-7-4-8-12-15/h3-12,16,21H,2,13H2,1H3. The zero-order valence-corrected chi connectivity index (χ0v) is 15.2. The van der Waals surface area contributed by atoms with Crippen LogP contribution in [0.3, 0.4) is 0 Å². The number of carbonyl (C=O) groups is 1. The molecule has 0 saturated carbocycles. The van der Waals surface area contributed by atoms with E-state index in [0.29, 0.717) is 11.3 Å². The van der Waals surface area contributed by atoms with Crippen LogP contribution in [-0.2, 0) is 4.74 Å². The fourth-order valence-corrected chi connectivity index (χ4v) is 3.09. The first-order valence-corrected chi connectivity index (χ1v) is 8.77. The summed E-state index contributed by atoms with van der Waals surface area (Å²) in [5, 5.41) is 14.1. The molecule has 3 aromatic rings. The van der Waals surface area contributed by atoms with Crippen molar-refractivity contribution in [2.75, 3.05) is 13.2 Å². The number of H-pyrrole nitrogens is 1. The Morgan fingerprint density at radius 2 is 1.75 bits per heavy atom. The lowest BCUT2D eigenvalue weighted by Crippen LogP contribution is -2.24. The molecule has 0 aliphatic carbocycles. The summed E-state index contributed by atoms with van der Waals surface area (Å²) in [6.45, 7) is 1.23. The Morgan fingerprint density at radius 3 is 2.32 bits per heavy atom. The minimum absolute atomic E-state index is 0.0187. The van der Waals surface area contributed by atoms with E-state index in [1.165, 1.54) is 4.68 Å². The van der Waals surface area contributed by atoms with Gasteiger partial charge in [-0.15, -0.1) is 0 Å². The number of hydrogen-bond acceptors (Lipinski definition) is 5. The van der Waals surface area contributed by atoms with Crippen LogP contribution in [0.5, 0.6) is 0 Å². The summed E-state index contributed by atoms with van der Waals surface area (Å²) in [4.78, 5) is 36.5. The number of carbonyl (C=O) groups excluding carboxylic acids is 1. The first-order chi connectivity index (χ1) is 13.5. The Morgan fingerprint density at radius 1 is 1.14 bits per heavy atom. The van der Waals surface area contributed by atoms with Crippen LogP contribution >= 0.6 is 0 Å². The predicted octanol–water partition coefficient (Wildman–Crippen LogP) is 2.75. The summed E-state index contributed by atoms with van der Waals surface area (Å²) in [6, 6.07) is 17.3. The van der Waals surface area contributed by atoms with Crippen molar-refractivity contribution in [3.05, 3.63) is 98.0 Å². The highest BCUT2D eigenvalue weighted by Gasteiger charge is 2.32. The normalized spacial score (nSPS) is 11.8. The minimum Gasteiger partial charge on any atom is -0.461 e. The fraction of sp³-hybridized carbons (Fsp3) is 0.200. The molecule has 1 aromatic heterocycles. The highest BCUT2D eigenvalue weighted by atomic mass is 16.6. The quantitative estimate of drug-likeness (QED) is 0.385. The number of ether oxygens (including phenoxy) is 1. The number of hydrogen-bond donors (Lipinski definition) is 1. The molecule has 8 nitrogen and oxygen atoms in total. The summed E-state index contributed by atoms with van der Waals surface area (Å²) in [5.74, 6) is -1.63. The molecule has 1 atom stereocenters. The maximum atomic E-state index is 13.2. The van der Waals surface area contributed by atoms with Gasteiger partial charge in [-0.2, -0.15) is 0 Å². The van der Waals surface area contributed by atoms with Gasteiger partial charge in [0.15, 0.2) is 0 Å². The SMILES string of the molecule is CCOC(=O)c1[nH]n(-c2ccccc2)c(=O)c1C(C[N+](=O)[O-])c1ccccc1. The van der Waals surface area contributed by atoms with Crippen LogP contribution in [0, 0.1) is 10.1 Å². The second-order valence-electron chi connectivity index (χ2n) is 6.08. The minimum atomic E-state index is -0.899. The number of benzene rings is 2. The van der Waals surface area contributed by atoms with Crippen LogP contribution in [0.25, 0.3) is 5.69 Å². The van der Waals surface area contributed by atoms with Crippen LogP contribution in [0.2, 0.25) is 0 Å². The third kappa shape index (κ3) is 3.85. The number of rotatable bonds is 7. The second kappa shape index (κ2) is 8.34. The molecule has 3 rings (SSSR count). The molecule has 0 aliphatic heterocycles. The monoisotopic (exact) mass is 381 g/mol. The van der Waals surface area contributed by atoms with E-state index in [4.69, 9.17) is 4.74 Å². The third-order valence-electron chi connectivity index (χ3n) is 4.30. The van der Waals surface area contributed by atoms with Gasteiger partial charge in [0.05, 0.1) is 23.8 Å². The van der Waals surface area contributed by atoms with Crippen molar-refractivity contribution in [3.8, 4) is 5.69 Å². The molecule has 8 heteroatoms. The van der Waals surface area contributed by atoms with E-state index in [-0.39, 0.29) is 17.9 Å². The highest BCUT2D eigenvalue weighted by Crippen LogP contribution is 2.26. The first-order valence-electron chi connectivity index (χ1n) is 8.77. The zero-order chi connectivity index (χ0) is 20.1. The lowest BCUT2D eigenvalue weighted by Gasteiger charge is -2.12. The fourth-order valence-electron chi connectivity index (χ4n) is 3.09. The molecule has 28 heavy (non-hydrogen) atoms. The van der Waals surface area contributed by atoms with Gasteiger partial charge in [0, 0.05) is 4.92 Å². The second-order valence-corrected chi connectivity index (χ2v) is 6.08. The van der Waals surface area contributed by atoms with Gasteiger partial charge in [-0.25, -0.2) is 9.48 Å². The van der Waals surface area contributed by atoms with Gasteiger partial charge < -0.3 is 4.74 Å². The predicted molar refractivity (Wildman–Crippen MR) is 102 cm³/mol. The van der Waals surface area contributed by atoms with E-state index in [1.807, 2.05) is 0 Å². The average Bonchev–Trinajstić information content (AvgIpc) is 3.04. The topological polar surface area (TPSA) is 107 Å². The van der Waals surface area contributed by atoms with Crippen molar-refractivity contribution in [2.24, 2.45) is 0 Å². The number of aromatic nitrogens is 2. The van der Waals surface area contributed by atoms with Gasteiger partial charge >= 0.3 is 5.97 Å². The van der Waals surface area contributed by atoms with E-state index in [9.17, 15) is 19.7 Å². The zero-order valence-electron chi connectivity index (χ0n) is 15.2. The lowest BCUT2D eigenvalue weighted by atomic mass is 9.91. The Kier molecular flexibility index (Phi) is 5.69. The highest BCUT2D eigenvalue weighted by molar-refractivity contribution is 5.89. The van der Waals surface area contributed by atoms with Crippen molar-refractivity contribution in [1.29, 1.82) is 0 Å². The van der Waals surface area contributed by atoms with E-state index in [0.717, 1.165) is 0 Å². The average molecular weight is 381 g/mol. The third-order valence-corrected chi connectivity index (χ3v) is 4.30. The Hall–Kier alpha value is -3.68. The van der Waals surface area contributed by atoms with Crippen LogP contribution in [0.1, 0.15) is 34.5 Å². The summed E-state index contributed by atoms with van der Waals surface area (Å²) in [6.07, 6.45) is 0. The summed E-state index contributed by atoms with van der Waals surface area (Å²) < 4.78 is 6.28. The molecule has 1 unspecified atom stereocenters. The maximum Gasteiger partial charge on any atom is 0.356 e. The number of nitrogens with zero attached hydrogens (tertiary/aromatic N) is 2. The molecular weight excluding hydrogens is 362 g/mol. The summed E-state index contributed by atoms with van der Waals surface area (Å²) >= 11 is 0. The van der Waals surface area contributed by atoms with Gasteiger partial charge in [0.25, 0.3) is 5.56 Å². The van der Waals surface area contributed by atoms with Gasteiger partial charge in [0.2, 0.25) is 6.54 Å². The van der Waals surface area contributed by atoms with E-state index < -0.39 is 28.9 Å². The first kappa shape index (κ1) is 19.1. The van der Waals surface area contributed by atoms with Crippen molar-refractivity contribution >= 4 is 5.97 Å². The number of nitrogens with one attached hydrogen (secondary N) is 1. The van der Waals surface area contributed by atoms with E-state index in [2.05, 4.69) is 5.10 Å². The number of aromatic amines is 1. The van der Waals surface area contributed by atoms with Crippen LogP contribution < -0.4 is 5.56 Å². The largest absolute Gasteiger partial charge is 0.461 e.